The molecule has 2 unspecified atom stereocenters. The third-order valence-electron chi connectivity index (χ3n) is 1.50. The Labute approximate surface area is 70.3 Å². The topological polar surface area (TPSA) is 43.1 Å². The number of rotatable bonds is 4. The normalized spacial score (nSPS) is 16.3. The van der Waals surface area contributed by atoms with Crippen molar-refractivity contribution in [3.05, 3.63) is 0 Å². The SMILES string of the molecule is CCC(CC(C)Br)C(N)=O. The summed E-state index contributed by atoms with van der Waals surface area (Å²) in [7, 11) is 0. The fourth-order valence-corrected chi connectivity index (χ4v) is 1.33. The fourth-order valence-electron chi connectivity index (χ4n) is 0.876. The van der Waals surface area contributed by atoms with Crippen LogP contribution >= 0.6 is 15.9 Å². The summed E-state index contributed by atoms with van der Waals surface area (Å²) in [5.74, 6) is -0.150. The number of hydrogen-bond donors (Lipinski definition) is 1. The van der Waals surface area contributed by atoms with Gasteiger partial charge in [-0.2, -0.15) is 0 Å². The highest BCUT2D eigenvalue weighted by molar-refractivity contribution is 9.09. The van der Waals surface area contributed by atoms with Gasteiger partial charge < -0.3 is 5.73 Å². The Morgan fingerprint density at radius 3 is 2.30 bits per heavy atom. The number of carbonyl (C=O) groups excluding carboxylic acids is 1. The third-order valence-corrected chi connectivity index (χ3v) is 1.88. The summed E-state index contributed by atoms with van der Waals surface area (Å²) in [5, 5.41) is 0. The van der Waals surface area contributed by atoms with Gasteiger partial charge in [-0.25, -0.2) is 0 Å². The van der Waals surface area contributed by atoms with Gasteiger partial charge in [0.05, 0.1) is 0 Å². The fraction of sp³-hybridized carbons (Fsp3) is 0.857. The lowest BCUT2D eigenvalue weighted by molar-refractivity contribution is -0.122. The molecule has 0 spiro atoms. The second kappa shape index (κ2) is 4.72. The number of nitrogens with two attached hydrogens (primary N) is 1. The summed E-state index contributed by atoms with van der Waals surface area (Å²) in [6.45, 7) is 4.00. The molecule has 0 aliphatic heterocycles. The first kappa shape index (κ1) is 9.95. The highest BCUT2D eigenvalue weighted by Gasteiger charge is 2.14. The molecule has 0 bridgehead atoms. The molecular weight excluding hydrogens is 194 g/mol. The Morgan fingerprint density at radius 2 is 2.20 bits per heavy atom. The lowest BCUT2D eigenvalue weighted by atomic mass is 10.0. The first-order valence-electron chi connectivity index (χ1n) is 3.51. The number of alkyl halides is 1. The van der Waals surface area contributed by atoms with Crippen molar-refractivity contribution in [2.45, 2.75) is 31.5 Å². The second-order valence-corrected chi connectivity index (χ2v) is 4.09. The van der Waals surface area contributed by atoms with Crippen LogP contribution in [-0.4, -0.2) is 10.7 Å². The maximum Gasteiger partial charge on any atom is 0.220 e. The van der Waals surface area contributed by atoms with Crippen LogP contribution in [0.15, 0.2) is 0 Å². The summed E-state index contributed by atoms with van der Waals surface area (Å²) < 4.78 is 0. The average molecular weight is 208 g/mol. The van der Waals surface area contributed by atoms with Crippen molar-refractivity contribution in [1.82, 2.24) is 0 Å². The van der Waals surface area contributed by atoms with Gasteiger partial charge in [-0.3, -0.25) is 4.79 Å². The molecule has 2 N–H and O–H groups in total. The van der Waals surface area contributed by atoms with E-state index in [4.69, 9.17) is 5.73 Å². The Balaban J connectivity index is 3.72. The molecule has 0 fully saturated rings. The Morgan fingerprint density at radius 1 is 1.70 bits per heavy atom. The van der Waals surface area contributed by atoms with Crippen molar-refractivity contribution in [2.75, 3.05) is 0 Å². The zero-order valence-corrected chi connectivity index (χ0v) is 8.02. The molecule has 3 heteroatoms. The monoisotopic (exact) mass is 207 g/mol. The highest BCUT2D eigenvalue weighted by atomic mass is 79.9. The van der Waals surface area contributed by atoms with Crippen LogP contribution in [0, 0.1) is 5.92 Å². The Hall–Kier alpha value is -0.0500. The van der Waals surface area contributed by atoms with Crippen LogP contribution in [-0.2, 0) is 4.79 Å². The molecule has 2 nitrogen and oxygen atoms in total. The van der Waals surface area contributed by atoms with E-state index >= 15 is 0 Å². The maximum atomic E-state index is 10.7. The lowest BCUT2D eigenvalue weighted by Crippen LogP contribution is -2.24. The molecule has 0 aliphatic rings. The van der Waals surface area contributed by atoms with E-state index < -0.39 is 0 Å². The van der Waals surface area contributed by atoms with Gasteiger partial charge in [0.25, 0.3) is 0 Å². The highest BCUT2D eigenvalue weighted by Crippen LogP contribution is 2.15. The molecule has 0 heterocycles. The maximum absolute atomic E-state index is 10.7. The van der Waals surface area contributed by atoms with Crippen LogP contribution in [0.1, 0.15) is 26.7 Å². The van der Waals surface area contributed by atoms with Crippen molar-refractivity contribution < 1.29 is 4.79 Å². The number of primary amides is 1. The minimum atomic E-state index is -0.186. The molecular formula is C7H14BrNO. The Bertz CT molecular complexity index is 114. The van der Waals surface area contributed by atoms with Gasteiger partial charge in [-0.1, -0.05) is 29.8 Å². The molecule has 0 aromatic rings. The lowest BCUT2D eigenvalue weighted by Gasteiger charge is -2.11. The van der Waals surface area contributed by atoms with Crippen molar-refractivity contribution in [3.8, 4) is 0 Å². The molecule has 0 rings (SSSR count). The van der Waals surface area contributed by atoms with Crippen LogP contribution in [0.4, 0.5) is 0 Å². The minimum absolute atomic E-state index is 0.0365. The molecule has 10 heavy (non-hydrogen) atoms. The first-order valence-corrected chi connectivity index (χ1v) is 4.42. The molecule has 0 saturated carbocycles. The molecule has 0 aliphatic carbocycles. The molecule has 60 valence electrons. The van der Waals surface area contributed by atoms with E-state index in [1.54, 1.807) is 0 Å². The zero-order chi connectivity index (χ0) is 8.15. The second-order valence-electron chi connectivity index (χ2n) is 2.52. The summed E-state index contributed by atoms with van der Waals surface area (Å²) >= 11 is 3.38. The van der Waals surface area contributed by atoms with E-state index in [2.05, 4.69) is 15.9 Å². The van der Waals surface area contributed by atoms with Crippen molar-refractivity contribution >= 4 is 21.8 Å². The van der Waals surface area contributed by atoms with Crippen molar-refractivity contribution in [1.29, 1.82) is 0 Å². The average Bonchev–Trinajstić information content (AvgIpc) is 1.81. The minimum Gasteiger partial charge on any atom is -0.369 e. The van der Waals surface area contributed by atoms with E-state index in [1.807, 2.05) is 13.8 Å². The number of carbonyl (C=O) groups is 1. The van der Waals surface area contributed by atoms with Gasteiger partial charge in [0.1, 0.15) is 0 Å². The smallest absolute Gasteiger partial charge is 0.220 e. The van der Waals surface area contributed by atoms with Gasteiger partial charge in [0, 0.05) is 10.7 Å². The molecule has 0 aromatic carbocycles. The van der Waals surface area contributed by atoms with Crippen LogP contribution in [0.25, 0.3) is 0 Å². The van der Waals surface area contributed by atoms with E-state index in [0.717, 1.165) is 12.8 Å². The molecule has 0 aromatic heterocycles. The van der Waals surface area contributed by atoms with Crippen molar-refractivity contribution in [2.24, 2.45) is 11.7 Å². The summed E-state index contributed by atoms with van der Waals surface area (Å²) in [6.07, 6.45) is 1.68. The van der Waals surface area contributed by atoms with Gasteiger partial charge in [0.2, 0.25) is 5.91 Å². The summed E-state index contributed by atoms with van der Waals surface area (Å²) in [4.78, 5) is 11.0. The predicted molar refractivity (Wildman–Crippen MR) is 46.0 cm³/mol. The molecule has 0 radical (unpaired) electrons. The zero-order valence-electron chi connectivity index (χ0n) is 6.43. The third kappa shape index (κ3) is 3.88. The van der Waals surface area contributed by atoms with Gasteiger partial charge >= 0.3 is 0 Å². The van der Waals surface area contributed by atoms with Crippen LogP contribution < -0.4 is 5.73 Å². The Kier molecular flexibility index (Phi) is 4.69. The van der Waals surface area contributed by atoms with Gasteiger partial charge in [-0.05, 0) is 12.8 Å². The largest absolute Gasteiger partial charge is 0.369 e. The number of halogens is 1. The molecule has 0 saturated heterocycles. The van der Waals surface area contributed by atoms with E-state index in [0.29, 0.717) is 4.83 Å². The quantitative estimate of drug-likeness (QED) is 0.701. The number of hydrogen-bond acceptors (Lipinski definition) is 1. The van der Waals surface area contributed by atoms with Gasteiger partial charge in [0.15, 0.2) is 0 Å². The summed E-state index contributed by atoms with van der Waals surface area (Å²) in [6, 6.07) is 0. The standard InChI is InChI=1S/C7H14BrNO/c1-3-6(7(9)10)4-5(2)8/h5-6H,3-4H2,1-2H3,(H2,9,10). The molecule has 1 amide bonds. The predicted octanol–water partition coefficient (Wildman–Crippen LogP) is 1.67. The molecule has 2 atom stereocenters. The van der Waals surface area contributed by atoms with E-state index in [1.165, 1.54) is 0 Å². The van der Waals surface area contributed by atoms with Crippen LogP contribution in [0.3, 0.4) is 0 Å². The van der Waals surface area contributed by atoms with E-state index in [-0.39, 0.29) is 11.8 Å². The summed E-state index contributed by atoms with van der Waals surface area (Å²) in [5.41, 5.74) is 5.14. The van der Waals surface area contributed by atoms with Gasteiger partial charge in [-0.15, -0.1) is 0 Å². The number of amides is 1. The van der Waals surface area contributed by atoms with Crippen LogP contribution in [0.2, 0.25) is 0 Å². The first-order chi connectivity index (χ1) is 4.57. The van der Waals surface area contributed by atoms with E-state index in [9.17, 15) is 4.79 Å². The van der Waals surface area contributed by atoms with Crippen molar-refractivity contribution in [3.63, 3.8) is 0 Å². The van der Waals surface area contributed by atoms with Crippen LogP contribution in [0.5, 0.6) is 0 Å².